The molecule has 7 heteroatoms. The van der Waals surface area contributed by atoms with Gasteiger partial charge in [0.2, 0.25) is 0 Å². The Bertz CT molecular complexity index is 610. The van der Waals surface area contributed by atoms with E-state index in [1.54, 1.807) is 6.20 Å². The molecule has 0 spiro atoms. The molecule has 1 saturated heterocycles. The lowest BCUT2D eigenvalue weighted by Crippen LogP contribution is -2.43. The van der Waals surface area contributed by atoms with E-state index in [9.17, 15) is 9.59 Å². The first-order valence-electron chi connectivity index (χ1n) is 8.20. The molecule has 0 atom stereocenters. The molecule has 1 aliphatic rings. The van der Waals surface area contributed by atoms with Crippen molar-refractivity contribution in [1.29, 1.82) is 0 Å². The van der Waals surface area contributed by atoms with Crippen LogP contribution in [0.4, 0.5) is 0 Å². The van der Waals surface area contributed by atoms with Crippen LogP contribution in [0.15, 0.2) is 11.0 Å². The highest BCUT2D eigenvalue weighted by molar-refractivity contribution is 5.85. The van der Waals surface area contributed by atoms with E-state index in [1.165, 1.54) is 0 Å². The molecule has 2 heterocycles. The van der Waals surface area contributed by atoms with Crippen molar-refractivity contribution in [3.05, 3.63) is 33.2 Å². The van der Waals surface area contributed by atoms with Crippen molar-refractivity contribution in [2.75, 3.05) is 26.7 Å². The van der Waals surface area contributed by atoms with Crippen molar-refractivity contribution < 1.29 is 9.90 Å². The predicted molar refractivity (Wildman–Crippen MR) is 97.0 cm³/mol. The molecule has 0 aliphatic carbocycles. The largest absolute Gasteiger partial charge is 0.481 e. The third-order valence-electron chi connectivity index (χ3n) is 4.85. The number of pyridine rings is 1. The van der Waals surface area contributed by atoms with Gasteiger partial charge in [-0.05, 0) is 33.7 Å². The summed E-state index contributed by atoms with van der Waals surface area (Å²) in [6.45, 7) is 7.02. The Morgan fingerprint density at radius 1 is 1.38 bits per heavy atom. The van der Waals surface area contributed by atoms with Gasteiger partial charge in [0.05, 0.1) is 6.42 Å². The number of aromatic nitrogens is 1. The van der Waals surface area contributed by atoms with Gasteiger partial charge in [-0.15, -0.1) is 12.4 Å². The molecule has 6 nitrogen and oxygen atoms in total. The van der Waals surface area contributed by atoms with E-state index in [4.69, 9.17) is 5.11 Å². The number of aliphatic carboxylic acids is 1. The number of hydrogen-bond acceptors (Lipinski definition) is 4. The Morgan fingerprint density at radius 2 is 2.00 bits per heavy atom. The summed E-state index contributed by atoms with van der Waals surface area (Å²) in [6, 6.07) is 0.448. The number of carbonyl (C=O) groups is 1. The monoisotopic (exact) mass is 357 g/mol. The predicted octanol–water partition coefficient (Wildman–Crippen LogP) is 1.78. The summed E-state index contributed by atoms with van der Waals surface area (Å²) in [6.07, 6.45) is 4.05. The van der Waals surface area contributed by atoms with Gasteiger partial charge in [0.15, 0.2) is 5.43 Å². The number of carboxylic acids is 1. The molecule has 0 bridgehead atoms. The van der Waals surface area contributed by atoms with E-state index < -0.39 is 5.97 Å². The maximum Gasteiger partial charge on any atom is 0.304 e. The Kier molecular flexibility index (Phi) is 7.93. The lowest BCUT2D eigenvalue weighted by molar-refractivity contribution is -0.137. The van der Waals surface area contributed by atoms with Crippen LogP contribution in [-0.4, -0.2) is 58.6 Å². The second-order valence-electron chi connectivity index (χ2n) is 6.54. The minimum Gasteiger partial charge on any atom is -0.481 e. The van der Waals surface area contributed by atoms with Crippen molar-refractivity contribution in [1.82, 2.24) is 14.8 Å². The summed E-state index contributed by atoms with van der Waals surface area (Å²) in [5.41, 5.74) is 2.69. The van der Waals surface area contributed by atoms with Crippen molar-refractivity contribution in [2.45, 2.75) is 45.7 Å². The summed E-state index contributed by atoms with van der Waals surface area (Å²) in [7, 11) is 2.00. The fourth-order valence-electron chi connectivity index (χ4n) is 3.16. The van der Waals surface area contributed by atoms with Gasteiger partial charge in [0, 0.05) is 55.2 Å². The van der Waals surface area contributed by atoms with E-state index in [0.29, 0.717) is 12.6 Å². The Hall–Kier alpha value is -1.37. The SMILES string of the molecule is Cc1c[nH]c(CN2CCC(N(C)CCC(=O)O)CC2)c(C)c1=O.Cl. The van der Waals surface area contributed by atoms with Crippen LogP contribution in [0.5, 0.6) is 0 Å². The van der Waals surface area contributed by atoms with Crippen LogP contribution in [0.3, 0.4) is 0 Å². The van der Waals surface area contributed by atoms with Gasteiger partial charge >= 0.3 is 5.97 Å². The van der Waals surface area contributed by atoms with E-state index in [1.807, 2.05) is 20.9 Å². The first-order valence-corrected chi connectivity index (χ1v) is 8.20. The zero-order chi connectivity index (χ0) is 17.0. The average molecular weight is 358 g/mol. The average Bonchev–Trinajstić information content (AvgIpc) is 2.54. The maximum atomic E-state index is 12.0. The molecule has 2 N–H and O–H groups in total. The highest BCUT2D eigenvalue weighted by atomic mass is 35.5. The zero-order valence-corrected chi connectivity index (χ0v) is 15.5. The molecule has 1 aromatic rings. The molecule has 1 aliphatic heterocycles. The standard InChI is InChI=1S/C17H27N3O3.ClH/c1-12-10-18-15(13(2)17(12)23)11-20-8-4-14(5-9-20)19(3)7-6-16(21)22;/h10,14H,4-9,11H2,1-3H3,(H,18,23)(H,21,22);1H. The van der Waals surface area contributed by atoms with Crippen LogP contribution >= 0.6 is 12.4 Å². The van der Waals surface area contributed by atoms with Crippen molar-refractivity contribution in [3.8, 4) is 0 Å². The van der Waals surface area contributed by atoms with Gasteiger partial charge in [-0.2, -0.15) is 0 Å². The van der Waals surface area contributed by atoms with Gasteiger partial charge in [0.25, 0.3) is 0 Å². The molecule has 2 rings (SSSR count). The highest BCUT2D eigenvalue weighted by Gasteiger charge is 2.23. The quantitative estimate of drug-likeness (QED) is 0.811. The molecule has 0 radical (unpaired) electrons. The molecule has 1 aromatic heterocycles. The summed E-state index contributed by atoms with van der Waals surface area (Å²) >= 11 is 0. The number of aromatic amines is 1. The normalized spacial score (nSPS) is 16.2. The number of halogens is 1. The van der Waals surface area contributed by atoms with E-state index in [-0.39, 0.29) is 24.3 Å². The molecule has 0 unspecified atom stereocenters. The van der Waals surface area contributed by atoms with Gasteiger partial charge < -0.3 is 15.0 Å². The first kappa shape index (κ1) is 20.7. The number of piperidine rings is 1. The number of likely N-dealkylation sites (tertiary alicyclic amines) is 1. The number of nitrogens with one attached hydrogen (secondary N) is 1. The summed E-state index contributed by atoms with van der Waals surface area (Å²) < 4.78 is 0. The molecule has 136 valence electrons. The van der Waals surface area contributed by atoms with Gasteiger partial charge in [0.1, 0.15) is 0 Å². The number of carboxylic acid groups (broad SMARTS) is 1. The first-order chi connectivity index (χ1) is 10.9. The van der Waals surface area contributed by atoms with Crippen molar-refractivity contribution in [2.24, 2.45) is 0 Å². The third kappa shape index (κ3) is 5.33. The molecule has 0 amide bonds. The van der Waals surface area contributed by atoms with Crippen LogP contribution in [0.1, 0.15) is 36.1 Å². The van der Waals surface area contributed by atoms with Crippen LogP contribution in [0.2, 0.25) is 0 Å². The lowest BCUT2D eigenvalue weighted by Gasteiger charge is -2.36. The van der Waals surface area contributed by atoms with Crippen LogP contribution in [0.25, 0.3) is 0 Å². The van der Waals surface area contributed by atoms with Gasteiger partial charge in [-0.25, -0.2) is 0 Å². The Morgan fingerprint density at radius 3 is 2.58 bits per heavy atom. The molecule has 24 heavy (non-hydrogen) atoms. The molecule has 1 fully saturated rings. The maximum absolute atomic E-state index is 12.0. The number of nitrogens with zero attached hydrogens (tertiary/aromatic N) is 2. The van der Waals surface area contributed by atoms with E-state index >= 15 is 0 Å². The number of aryl methyl sites for hydroxylation is 1. The topological polar surface area (TPSA) is 76.6 Å². The number of rotatable bonds is 6. The fraction of sp³-hybridized carbons (Fsp3) is 0.647. The van der Waals surface area contributed by atoms with Crippen LogP contribution in [-0.2, 0) is 11.3 Å². The Labute approximate surface area is 149 Å². The second kappa shape index (κ2) is 9.20. The van der Waals surface area contributed by atoms with E-state index in [0.717, 1.165) is 49.3 Å². The minimum absolute atomic E-state index is 0. The Balaban J connectivity index is 0.00000288. The van der Waals surface area contributed by atoms with Crippen LogP contribution < -0.4 is 5.43 Å². The fourth-order valence-corrected chi connectivity index (χ4v) is 3.16. The molecule has 0 aromatic carbocycles. The summed E-state index contributed by atoms with van der Waals surface area (Å²) in [4.78, 5) is 30.4. The van der Waals surface area contributed by atoms with Gasteiger partial charge in [-0.3, -0.25) is 14.5 Å². The summed E-state index contributed by atoms with van der Waals surface area (Å²) in [5.74, 6) is -0.743. The second-order valence-corrected chi connectivity index (χ2v) is 6.54. The minimum atomic E-state index is -0.743. The third-order valence-corrected chi connectivity index (χ3v) is 4.85. The van der Waals surface area contributed by atoms with Crippen molar-refractivity contribution in [3.63, 3.8) is 0 Å². The van der Waals surface area contributed by atoms with Gasteiger partial charge in [-0.1, -0.05) is 0 Å². The zero-order valence-electron chi connectivity index (χ0n) is 14.7. The molecular formula is C17H28ClN3O3. The number of hydrogen-bond donors (Lipinski definition) is 2. The molecular weight excluding hydrogens is 330 g/mol. The van der Waals surface area contributed by atoms with E-state index in [2.05, 4.69) is 14.8 Å². The smallest absolute Gasteiger partial charge is 0.304 e. The van der Waals surface area contributed by atoms with Crippen LogP contribution in [0, 0.1) is 13.8 Å². The number of H-pyrrole nitrogens is 1. The molecule has 0 saturated carbocycles. The summed E-state index contributed by atoms with van der Waals surface area (Å²) in [5, 5.41) is 8.77. The van der Waals surface area contributed by atoms with Crippen molar-refractivity contribution >= 4 is 18.4 Å². The lowest BCUT2D eigenvalue weighted by atomic mass is 10.0. The highest BCUT2D eigenvalue weighted by Crippen LogP contribution is 2.17.